The van der Waals surface area contributed by atoms with E-state index in [9.17, 15) is 21.0 Å². The minimum absolute atomic E-state index is 0.357. The van der Waals surface area contributed by atoms with Crippen LogP contribution in [0, 0.1) is 45.3 Å². The second-order valence-corrected chi connectivity index (χ2v) is 15.4. The number of hydrogen-bond acceptors (Lipinski definition) is 6. The van der Waals surface area contributed by atoms with E-state index in [0.717, 1.165) is 49.7 Å². The Hall–Kier alpha value is -9.60. The van der Waals surface area contributed by atoms with Gasteiger partial charge in [0.05, 0.1) is 79.6 Å². The molecule has 0 aliphatic carbocycles. The number of aromatic nitrogens is 4. The number of rotatable bonds is 6. The first kappa shape index (κ1) is 37.4. The van der Waals surface area contributed by atoms with Gasteiger partial charge < -0.3 is 9.13 Å². The minimum Gasteiger partial charge on any atom is -0.309 e. The van der Waals surface area contributed by atoms with Gasteiger partial charge in [0.25, 0.3) is 0 Å². The van der Waals surface area contributed by atoms with Crippen molar-refractivity contribution in [3.05, 3.63) is 204 Å². The van der Waals surface area contributed by atoms with Gasteiger partial charge in [-0.25, -0.2) is 9.97 Å². The largest absolute Gasteiger partial charge is 0.309 e. The van der Waals surface area contributed by atoms with Crippen LogP contribution in [0.15, 0.2) is 182 Å². The molecule has 0 spiro atoms. The molecular formula is C56H30N8. The van der Waals surface area contributed by atoms with Gasteiger partial charge in [-0.15, -0.1) is 0 Å². The Labute approximate surface area is 367 Å². The van der Waals surface area contributed by atoms with Crippen LogP contribution in [0.25, 0.3) is 100 Å². The summed E-state index contributed by atoms with van der Waals surface area (Å²) in [5.41, 5.74) is 12.0. The highest BCUT2D eigenvalue weighted by Gasteiger charge is 2.21. The summed E-state index contributed by atoms with van der Waals surface area (Å²) in [6.07, 6.45) is 0. The zero-order chi connectivity index (χ0) is 43.3. The Kier molecular flexibility index (Phi) is 8.85. The molecule has 8 aromatic carbocycles. The molecule has 0 N–H and O–H groups in total. The number of fused-ring (bicyclic) bond motifs is 6. The van der Waals surface area contributed by atoms with Gasteiger partial charge in [0.2, 0.25) is 0 Å². The highest BCUT2D eigenvalue weighted by Crippen LogP contribution is 2.39. The van der Waals surface area contributed by atoms with Crippen LogP contribution in [0.2, 0.25) is 0 Å². The first-order chi connectivity index (χ1) is 31.6. The van der Waals surface area contributed by atoms with Gasteiger partial charge in [0.15, 0.2) is 5.82 Å². The van der Waals surface area contributed by atoms with Crippen molar-refractivity contribution in [1.29, 1.82) is 21.0 Å². The van der Waals surface area contributed by atoms with E-state index in [1.807, 2.05) is 72.8 Å². The van der Waals surface area contributed by atoms with Crippen molar-refractivity contribution in [2.45, 2.75) is 0 Å². The minimum atomic E-state index is 0.357. The van der Waals surface area contributed by atoms with Crippen LogP contribution >= 0.6 is 0 Å². The van der Waals surface area contributed by atoms with Crippen LogP contribution in [0.4, 0.5) is 0 Å². The van der Waals surface area contributed by atoms with E-state index in [1.54, 1.807) is 30.3 Å². The maximum absolute atomic E-state index is 10.8. The van der Waals surface area contributed by atoms with Crippen LogP contribution in [0.1, 0.15) is 22.3 Å². The number of hydrogen-bond donors (Lipinski definition) is 0. The predicted molar refractivity (Wildman–Crippen MR) is 251 cm³/mol. The Morgan fingerprint density at radius 3 is 1.48 bits per heavy atom. The fourth-order valence-electron chi connectivity index (χ4n) is 9.01. The van der Waals surface area contributed by atoms with Gasteiger partial charge >= 0.3 is 0 Å². The van der Waals surface area contributed by atoms with Crippen LogP contribution < -0.4 is 0 Å². The maximum Gasteiger partial charge on any atom is 0.161 e. The molecule has 0 saturated carbocycles. The number of para-hydroxylation sites is 3. The lowest BCUT2D eigenvalue weighted by molar-refractivity contribution is 1.15. The fourth-order valence-corrected chi connectivity index (χ4v) is 9.01. The van der Waals surface area contributed by atoms with Crippen molar-refractivity contribution in [1.82, 2.24) is 19.1 Å². The van der Waals surface area contributed by atoms with Gasteiger partial charge in [0.1, 0.15) is 6.07 Å². The first-order valence-electron chi connectivity index (χ1n) is 20.6. The number of benzene rings is 8. The molecule has 0 fully saturated rings. The summed E-state index contributed by atoms with van der Waals surface area (Å²) in [5, 5.41) is 45.8. The summed E-state index contributed by atoms with van der Waals surface area (Å²) in [5.74, 6) is 0.357. The molecule has 3 aromatic heterocycles. The Balaban J connectivity index is 1.02. The predicted octanol–water partition coefficient (Wildman–Crippen LogP) is 12.8. The summed E-state index contributed by atoms with van der Waals surface area (Å²) in [6, 6.07) is 68.4. The third-order valence-electron chi connectivity index (χ3n) is 11.9. The van der Waals surface area contributed by atoms with Gasteiger partial charge in [-0.05, 0) is 78.4 Å². The maximum atomic E-state index is 10.8. The molecule has 0 saturated heterocycles. The lowest BCUT2D eigenvalue weighted by Gasteiger charge is -2.14. The quantitative estimate of drug-likeness (QED) is 0.164. The smallest absolute Gasteiger partial charge is 0.161 e. The summed E-state index contributed by atoms with van der Waals surface area (Å²) in [4.78, 5) is 9.76. The Morgan fingerprint density at radius 2 is 0.844 bits per heavy atom. The van der Waals surface area contributed by atoms with Crippen LogP contribution in [-0.2, 0) is 0 Å². The Bertz CT molecular complexity index is 3770. The normalized spacial score (nSPS) is 11.1. The van der Waals surface area contributed by atoms with E-state index < -0.39 is 0 Å². The van der Waals surface area contributed by atoms with E-state index in [-0.39, 0.29) is 0 Å². The SMILES string of the molecule is N#Cc1cc(-n2c3ccccc3c3cc(-n4c5ccccc5c5ccccc54)ccc32)c(C#N)cc1-c1ccc(-c2cc(-c3ccccc3C#N)nc(-c3ccccc3C#N)n2)cc1. The van der Waals surface area contributed by atoms with Gasteiger partial charge in [-0.1, -0.05) is 109 Å². The molecule has 0 aliphatic heterocycles. The lowest BCUT2D eigenvalue weighted by atomic mass is 9.95. The fraction of sp³-hybridized carbons (Fsp3) is 0. The molecule has 0 aliphatic rings. The highest BCUT2D eigenvalue weighted by atomic mass is 15.0. The van der Waals surface area contributed by atoms with Crippen molar-refractivity contribution < 1.29 is 0 Å². The molecule has 11 aromatic rings. The third-order valence-corrected chi connectivity index (χ3v) is 11.9. The third kappa shape index (κ3) is 5.96. The molecule has 294 valence electrons. The zero-order valence-electron chi connectivity index (χ0n) is 33.9. The second kappa shape index (κ2) is 15.1. The Morgan fingerprint density at radius 1 is 0.344 bits per heavy atom. The average molecular weight is 815 g/mol. The van der Waals surface area contributed by atoms with Crippen LogP contribution in [0.5, 0.6) is 0 Å². The number of nitrogens with zero attached hydrogens (tertiary/aromatic N) is 8. The molecule has 8 heteroatoms. The lowest BCUT2D eigenvalue weighted by Crippen LogP contribution is -2.01. The van der Waals surface area contributed by atoms with Gasteiger partial charge in [0, 0.05) is 49.5 Å². The molecule has 0 atom stereocenters. The zero-order valence-corrected chi connectivity index (χ0v) is 33.9. The van der Waals surface area contributed by atoms with E-state index in [2.05, 4.69) is 112 Å². The first-order valence-corrected chi connectivity index (χ1v) is 20.6. The molecule has 8 nitrogen and oxygen atoms in total. The molecule has 0 radical (unpaired) electrons. The van der Waals surface area contributed by atoms with E-state index in [0.29, 0.717) is 61.8 Å². The molecule has 0 unspecified atom stereocenters. The van der Waals surface area contributed by atoms with E-state index >= 15 is 0 Å². The summed E-state index contributed by atoms with van der Waals surface area (Å²) >= 11 is 0. The van der Waals surface area contributed by atoms with Gasteiger partial charge in [-0.3, -0.25) is 0 Å². The summed E-state index contributed by atoms with van der Waals surface area (Å²) in [6.45, 7) is 0. The number of nitriles is 4. The molecule has 3 heterocycles. The molecule has 64 heavy (non-hydrogen) atoms. The van der Waals surface area contributed by atoms with Crippen molar-refractivity contribution in [3.63, 3.8) is 0 Å². The van der Waals surface area contributed by atoms with Crippen molar-refractivity contribution in [3.8, 4) is 80.7 Å². The van der Waals surface area contributed by atoms with Crippen molar-refractivity contribution in [2.75, 3.05) is 0 Å². The summed E-state index contributed by atoms with van der Waals surface area (Å²) in [7, 11) is 0. The van der Waals surface area contributed by atoms with Crippen LogP contribution in [0.3, 0.4) is 0 Å². The summed E-state index contributed by atoms with van der Waals surface area (Å²) < 4.78 is 4.39. The molecule has 0 amide bonds. The van der Waals surface area contributed by atoms with Crippen LogP contribution in [-0.4, -0.2) is 19.1 Å². The van der Waals surface area contributed by atoms with Crippen molar-refractivity contribution >= 4 is 43.6 Å². The molecular weight excluding hydrogens is 785 g/mol. The molecule has 11 rings (SSSR count). The van der Waals surface area contributed by atoms with Crippen molar-refractivity contribution in [2.24, 2.45) is 0 Å². The van der Waals surface area contributed by atoms with E-state index in [1.165, 1.54) is 10.8 Å². The topological polar surface area (TPSA) is 131 Å². The standard InChI is InChI=1S/C56H30N8/c57-31-37-11-1-3-13-42(37)50-30-49(61-56(62-50)43-14-4-2-12-38(43)32-58)36-23-21-35(22-24-36)47-27-40(34-60)55(28-39(47)33-59)64-53-20-10-7-17-46(53)48-29-41(25-26-54(48)64)63-51-18-8-5-15-44(51)45-16-6-9-19-52(45)63/h1-30H. The van der Waals surface area contributed by atoms with E-state index in [4.69, 9.17) is 9.97 Å². The monoisotopic (exact) mass is 814 g/mol. The average Bonchev–Trinajstić information content (AvgIpc) is 3.88. The molecule has 0 bridgehead atoms. The second-order valence-electron chi connectivity index (χ2n) is 15.4. The highest BCUT2D eigenvalue weighted by molar-refractivity contribution is 6.12. The van der Waals surface area contributed by atoms with Gasteiger partial charge in [-0.2, -0.15) is 21.0 Å².